The highest BCUT2D eigenvalue weighted by molar-refractivity contribution is 7.82. The van der Waals surface area contributed by atoms with Gasteiger partial charge in [-0.15, -0.1) is 0 Å². The molecule has 4 nitrogen and oxygen atoms in total. The van der Waals surface area contributed by atoms with Crippen molar-refractivity contribution in [2.24, 2.45) is 0 Å². The van der Waals surface area contributed by atoms with Crippen molar-refractivity contribution in [3.8, 4) is 0 Å². The number of ether oxygens (including phenoxy) is 1. The lowest BCUT2D eigenvalue weighted by molar-refractivity contribution is -0.136. The van der Waals surface area contributed by atoms with Crippen LogP contribution in [0.5, 0.6) is 0 Å². The van der Waals surface area contributed by atoms with Crippen molar-refractivity contribution >= 4 is 24.6 Å². The van der Waals surface area contributed by atoms with E-state index in [4.69, 9.17) is 5.11 Å². The number of carbonyl (C=O) groups is 2. The van der Waals surface area contributed by atoms with E-state index < -0.39 is 17.2 Å². The molecule has 0 saturated carbocycles. The molecule has 0 aliphatic heterocycles. The topological polar surface area (TPSA) is 63.6 Å². The van der Waals surface area contributed by atoms with Gasteiger partial charge in [-0.3, -0.25) is 4.79 Å². The van der Waals surface area contributed by atoms with Crippen LogP contribution in [0.15, 0.2) is 11.6 Å². The van der Waals surface area contributed by atoms with Crippen molar-refractivity contribution in [1.29, 1.82) is 0 Å². The van der Waals surface area contributed by atoms with Gasteiger partial charge in [0.1, 0.15) is 5.25 Å². The molecule has 12 heavy (non-hydrogen) atoms. The number of carboxylic acid groups (broad SMARTS) is 1. The third-order valence-corrected chi connectivity index (χ3v) is 1.54. The van der Waals surface area contributed by atoms with E-state index in [1.54, 1.807) is 0 Å². The standard InChI is InChI=1S/C7H10O4S/c1-4(7(10)11-2)3-5(12)6(8)9/h3,5,12H,1-2H3,(H,8,9). The summed E-state index contributed by atoms with van der Waals surface area (Å²) in [6.07, 6.45) is 1.22. The van der Waals surface area contributed by atoms with Crippen LogP contribution in [-0.2, 0) is 14.3 Å². The van der Waals surface area contributed by atoms with Crippen LogP contribution in [0.2, 0.25) is 0 Å². The molecule has 0 bridgehead atoms. The predicted molar refractivity (Wildman–Crippen MR) is 46.2 cm³/mol. The Bertz CT molecular complexity index is 221. The highest BCUT2D eigenvalue weighted by Crippen LogP contribution is 2.03. The Morgan fingerprint density at radius 3 is 2.42 bits per heavy atom. The largest absolute Gasteiger partial charge is 0.480 e. The number of thiol groups is 1. The first-order chi connectivity index (χ1) is 5.49. The van der Waals surface area contributed by atoms with Crippen LogP contribution in [-0.4, -0.2) is 29.4 Å². The van der Waals surface area contributed by atoms with E-state index in [0.29, 0.717) is 0 Å². The van der Waals surface area contributed by atoms with Crippen LogP contribution >= 0.6 is 12.6 Å². The molecule has 0 aliphatic carbocycles. The highest BCUT2D eigenvalue weighted by atomic mass is 32.1. The molecule has 0 aromatic carbocycles. The Balaban J connectivity index is 4.35. The first kappa shape index (κ1) is 11.0. The van der Waals surface area contributed by atoms with Crippen molar-refractivity contribution < 1.29 is 19.4 Å². The van der Waals surface area contributed by atoms with E-state index in [1.165, 1.54) is 20.1 Å². The summed E-state index contributed by atoms with van der Waals surface area (Å²) in [7, 11) is 1.23. The number of hydrogen-bond donors (Lipinski definition) is 2. The first-order valence-corrected chi connectivity index (χ1v) is 3.68. The molecule has 1 N–H and O–H groups in total. The second-order valence-corrected chi connectivity index (χ2v) is 2.68. The Labute approximate surface area is 75.6 Å². The van der Waals surface area contributed by atoms with Crippen molar-refractivity contribution in [1.82, 2.24) is 0 Å². The number of carbonyl (C=O) groups excluding carboxylic acids is 1. The number of rotatable bonds is 3. The van der Waals surface area contributed by atoms with Crippen molar-refractivity contribution in [3.05, 3.63) is 11.6 Å². The van der Waals surface area contributed by atoms with Gasteiger partial charge in [-0.2, -0.15) is 12.6 Å². The molecule has 0 spiro atoms. The number of hydrogen-bond acceptors (Lipinski definition) is 4. The van der Waals surface area contributed by atoms with Crippen LogP contribution in [0.25, 0.3) is 0 Å². The first-order valence-electron chi connectivity index (χ1n) is 3.16. The second kappa shape index (κ2) is 4.82. The lowest BCUT2D eigenvalue weighted by Crippen LogP contribution is -2.13. The van der Waals surface area contributed by atoms with Gasteiger partial charge in [0, 0.05) is 5.57 Å². The lowest BCUT2D eigenvalue weighted by atomic mass is 10.2. The summed E-state index contributed by atoms with van der Waals surface area (Å²) in [4.78, 5) is 21.0. The van der Waals surface area contributed by atoms with Crippen molar-refractivity contribution in [3.63, 3.8) is 0 Å². The SMILES string of the molecule is COC(=O)C(C)=CC(S)C(=O)O. The van der Waals surface area contributed by atoms with E-state index in [-0.39, 0.29) is 5.57 Å². The van der Waals surface area contributed by atoms with Crippen LogP contribution in [0.3, 0.4) is 0 Å². The summed E-state index contributed by atoms with van der Waals surface area (Å²) in [5, 5.41) is 7.44. The minimum Gasteiger partial charge on any atom is -0.480 e. The molecular formula is C7H10O4S. The molecule has 68 valence electrons. The van der Waals surface area contributed by atoms with Gasteiger partial charge in [-0.25, -0.2) is 4.79 Å². The van der Waals surface area contributed by atoms with Gasteiger partial charge in [0.25, 0.3) is 0 Å². The Hall–Kier alpha value is -0.970. The molecule has 0 aliphatic rings. The Morgan fingerprint density at radius 2 is 2.08 bits per heavy atom. The molecule has 0 fully saturated rings. The maximum atomic E-state index is 10.8. The van der Waals surface area contributed by atoms with Gasteiger partial charge in [0.05, 0.1) is 7.11 Å². The predicted octanol–water partition coefficient (Wildman–Crippen LogP) is 0.489. The normalized spacial score (nSPS) is 13.8. The van der Waals surface area contributed by atoms with Crippen molar-refractivity contribution in [2.75, 3.05) is 7.11 Å². The lowest BCUT2D eigenvalue weighted by Gasteiger charge is -2.00. The van der Waals surface area contributed by atoms with E-state index >= 15 is 0 Å². The van der Waals surface area contributed by atoms with E-state index in [9.17, 15) is 9.59 Å². The minimum atomic E-state index is -1.10. The van der Waals surface area contributed by atoms with Crippen LogP contribution in [0.1, 0.15) is 6.92 Å². The number of esters is 1. The van der Waals surface area contributed by atoms with Crippen LogP contribution in [0, 0.1) is 0 Å². The summed E-state index contributed by atoms with van der Waals surface area (Å²) in [6, 6.07) is 0. The van der Waals surface area contributed by atoms with E-state index in [1.807, 2.05) is 0 Å². The molecule has 0 aromatic heterocycles. The van der Waals surface area contributed by atoms with Gasteiger partial charge in [-0.05, 0) is 6.92 Å². The fourth-order valence-corrected chi connectivity index (χ4v) is 0.761. The molecular weight excluding hydrogens is 180 g/mol. The van der Waals surface area contributed by atoms with Gasteiger partial charge in [0.2, 0.25) is 0 Å². The summed E-state index contributed by atoms with van der Waals surface area (Å²) < 4.78 is 4.36. The molecule has 0 radical (unpaired) electrons. The van der Waals surface area contributed by atoms with Gasteiger partial charge >= 0.3 is 11.9 Å². The summed E-state index contributed by atoms with van der Waals surface area (Å²) in [6.45, 7) is 1.47. The zero-order valence-corrected chi connectivity index (χ0v) is 7.67. The third-order valence-electron chi connectivity index (χ3n) is 1.17. The zero-order valence-electron chi connectivity index (χ0n) is 6.77. The van der Waals surface area contributed by atoms with Crippen LogP contribution < -0.4 is 0 Å². The summed E-state index contributed by atoms with van der Waals surface area (Å²) in [5.41, 5.74) is 0.236. The fourth-order valence-electron chi connectivity index (χ4n) is 0.537. The molecule has 1 atom stereocenters. The quantitative estimate of drug-likeness (QED) is 0.386. The highest BCUT2D eigenvalue weighted by Gasteiger charge is 2.11. The number of carboxylic acids is 1. The average molecular weight is 190 g/mol. The Kier molecular flexibility index (Phi) is 4.43. The van der Waals surface area contributed by atoms with E-state index in [2.05, 4.69) is 17.4 Å². The molecule has 1 unspecified atom stereocenters. The van der Waals surface area contributed by atoms with Gasteiger partial charge < -0.3 is 9.84 Å². The number of aliphatic carboxylic acids is 1. The van der Waals surface area contributed by atoms with E-state index in [0.717, 1.165) is 0 Å². The average Bonchev–Trinajstić information content (AvgIpc) is 2.02. The Morgan fingerprint density at radius 1 is 1.58 bits per heavy atom. The molecule has 0 heterocycles. The monoisotopic (exact) mass is 190 g/mol. The van der Waals surface area contributed by atoms with Gasteiger partial charge in [0.15, 0.2) is 0 Å². The fraction of sp³-hybridized carbons (Fsp3) is 0.429. The second-order valence-electron chi connectivity index (χ2n) is 2.12. The zero-order chi connectivity index (χ0) is 9.72. The molecule has 0 saturated heterocycles. The molecule has 0 aromatic rings. The maximum absolute atomic E-state index is 10.8. The van der Waals surface area contributed by atoms with Gasteiger partial charge in [-0.1, -0.05) is 6.08 Å². The summed E-state index contributed by atoms with van der Waals surface area (Å²) >= 11 is 3.71. The third kappa shape index (κ3) is 3.43. The summed E-state index contributed by atoms with van der Waals surface area (Å²) in [5.74, 6) is -1.64. The van der Waals surface area contributed by atoms with Crippen molar-refractivity contribution in [2.45, 2.75) is 12.2 Å². The molecule has 0 amide bonds. The smallest absolute Gasteiger partial charge is 0.333 e. The molecule has 0 rings (SSSR count). The maximum Gasteiger partial charge on any atom is 0.333 e. The molecule has 5 heteroatoms. The van der Waals surface area contributed by atoms with Crippen LogP contribution in [0.4, 0.5) is 0 Å². The number of methoxy groups -OCH3 is 1. The minimum absolute atomic E-state index is 0.236.